The molecule has 2 aliphatic carbocycles. The van der Waals surface area contributed by atoms with Gasteiger partial charge < -0.3 is 16.6 Å². The molecule has 2 fully saturated rings. The van der Waals surface area contributed by atoms with Crippen molar-refractivity contribution in [3.8, 4) is 0 Å². The van der Waals surface area contributed by atoms with Gasteiger partial charge in [0.05, 0.1) is 0 Å². The molecule has 2 aliphatic rings. The number of carbonyl (C=O) groups is 1. The highest BCUT2D eigenvalue weighted by molar-refractivity contribution is 5.71. The van der Waals surface area contributed by atoms with Gasteiger partial charge in [0.15, 0.2) is 5.96 Å². The molecule has 0 unspecified atom stereocenters. The first-order valence-electron chi connectivity index (χ1n) is 6.32. The summed E-state index contributed by atoms with van der Waals surface area (Å²) in [4.78, 5) is 9.00. The highest BCUT2D eigenvalue weighted by Gasteiger charge is 2.55. The molecule has 18 heavy (non-hydrogen) atoms. The summed E-state index contributed by atoms with van der Waals surface area (Å²) >= 11 is 0. The predicted molar refractivity (Wildman–Crippen MR) is 73.3 cm³/mol. The Morgan fingerprint density at radius 3 is 1.56 bits per heavy atom. The van der Waals surface area contributed by atoms with Crippen molar-refractivity contribution in [2.45, 2.75) is 53.4 Å². The molecule has 0 aromatic carbocycles. The summed E-state index contributed by atoms with van der Waals surface area (Å²) in [6, 6.07) is 0. The van der Waals surface area contributed by atoms with E-state index in [1.54, 1.807) is 0 Å². The number of nitrogens with two attached hydrogens (primary N) is 2. The Morgan fingerprint density at radius 2 is 1.50 bits per heavy atom. The number of hydrogen-bond donors (Lipinski definition) is 4. The monoisotopic (exact) mass is 257 g/mol. The summed E-state index contributed by atoms with van der Waals surface area (Å²) in [5.41, 5.74) is 10.3. The molecule has 0 aliphatic heterocycles. The predicted octanol–water partition coefficient (Wildman–Crippen LogP) is 2.15. The molecule has 6 N–H and O–H groups in total. The zero-order chi connectivity index (χ0) is 14.6. The quantitative estimate of drug-likeness (QED) is 0.393. The fourth-order valence-corrected chi connectivity index (χ4v) is 3.11. The summed E-state index contributed by atoms with van der Waals surface area (Å²) in [5.74, 6) is -0.113. The lowest BCUT2D eigenvalue weighted by molar-refractivity contribution is -0.134. The Kier molecular flexibility index (Phi) is 5.64. The Bertz CT molecular complexity index is 283. The molecule has 0 aromatic heterocycles. The van der Waals surface area contributed by atoms with Crippen LogP contribution in [0.25, 0.3) is 0 Å². The average molecular weight is 257 g/mol. The molecule has 0 heterocycles. The molecule has 0 amide bonds. The first-order chi connectivity index (χ1) is 8.03. The number of carboxylic acid groups (broad SMARTS) is 1. The second-order valence-electron chi connectivity index (χ2n) is 6.03. The van der Waals surface area contributed by atoms with Gasteiger partial charge in [-0.2, -0.15) is 0 Å². The first-order valence-corrected chi connectivity index (χ1v) is 6.32. The zero-order valence-electron chi connectivity index (χ0n) is 11.9. The number of rotatable bonds is 0. The van der Waals surface area contributed by atoms with Crippen LogP contribution in [0.5, 0.6) is 0 Å². The minimum atomic E-state index is -0.833. The largest absolute Gasteiger partial charge is 0.481 e. The van der Waals surface area contributed by atoms with Crippen molar-refractivity contribution >= 4 is 11.9 Å². The van der Waals surface area contributed by atoms with Crippen LogP contribution in [0, 0.1) is 22.2 Å². The SMILES string of the molecule is CC(=O)O.CC12CCC(CC1)C2(C)C.N=C(N)N. The van der Waals surface area contributed by atoms with Crippen LogP contribution in [0.3, 0.4) is 0 Å². The number of carboxylic acids is 1. The van der Waals surface area contributed by atoms with E-state index in [0.29, 0.717) is 10.8 Å². The molecule has 2 bridgehead atoms. The highest BCUT2D eigenvalue weighted by atomic mass is 16.4. The van der Waals surface area contributed by atoms with E-state index in [1.165, 1.54) is 25.7 Å². The Balaban J connectivity index is 0.000000307. The Labute approximate surface area is 109 Å². The van der Waals surface area contributed by atoms with Gasteiger partial charge in [0, 0.05) is 6.92 Å². The molecule has 0 spiro atoms. The smallest absolute Gasteiger partial charge is 0.300 e. The fourth-order valence-electron chi connectivity index (χ4n) is 3.11. The van der Waals surface area contributed by atoms with E-state index in [2.05, 4.69) is 32.2 Å². The standard InChI is InChI=1S/C10H18.C2H4O2.CH5N3/c1-9(2)8-4-6-10(9,3)7-5-8;1-2(3)4;2-1(3)4/h8H,4-7H2,1-3H3;1H3,(H,3,4);(H5,2,3,4). The first kappa shape index (κ1) is 16.7. The molecule has 0 saturated heterocycles. The molecular weight excluding hydrogens is 230 g/mol. The second kappa shape index (κ2) is 6.07. The van der Waals surface area contributed by atoms with Gasteiger partial charge in [0.1, 0.15) is 0 Å². The molecule has 0 radical (unpaired) electrons. The van der Waals surface area contributed by atoms with E-state index in [1.807, 2.05) is 0 Å². The van der Waals surface area contributed by atoms with Crippen molar-refractivity contribution in [1.29, 1.82) is 5.41 Å². The molecule has 106 valence electrons. The molecule has 5 nitrogen and oxygen atoms in total. The van der Waals surface area contributed by atoms with Crippen LogP contribution >= 0.6 is 0 Å². The molecule has 2 saturated carbocycles. The minimum absolute atomic E-state index is 0.333. The van der Waals surface area contributed by atoms with Gasteiger partial charge in [-0.15, -0.1) is 0 Å². The maximum Gasteiger partial charge on any atom is 0.300 e. The van der Waals surface area contributed by atoms with Gasteiger partial charge in [-0.05, 0) is 42.4 Å². The van der Waals surface area contributed by atoms with Crippen LogP contribution in [0.2, 0.25) is 0 Å². The van der Waals surface area contributed by atoms with Crippen LogP contribution in [-0.4, -0.2) is 17.0 Å². The maximum absolute atomic E-state index is 9.00. The van der Waals surface area contributed by atoms with E-state index >= 15 is 0 Å². The van der Waals surface area contributed by atoms with Gasteiger partial charge >= 0.3 is 0 Å². The molecular formula is C13H27N3O2. The third kappa shape index (κ3) is 4.20. The Morgan fingerprint density at radius 1 is 1.22 bits per heavy atom. The number of fused-ring (bicyclic) bond motifs is 2. The van der Waals surface area contributed by atoms with Gasteiger partial charge in [-0.3, -0.25) is 10.2 Å². The normalized spacial score (nSPS) is 30.6. The Hall–Kier alpha value is -1.26. The van der Waals surface area contributed by atoms with Crippen molar-refractivity contribution in [3.05, 3.63) is 0 Å². The maximum atomic E-state index is 9.00. The lowest BCUT2D eigenvalue weighted by atomic mass is 9.71. The summed E-state index contributed by atoms with van der Waals surface area (Å²) < 4.78 is 0. The molecule has 2 rings (SSSR count). The van der Waals surface area contributed by atoms with Crippen molar-refractivity contribution in [2.24, 2.45) is 28.2 Å². The van der Waals surface area contributed by atoms with Crippen molar-refractivity contribution in [1.82, 2.24) is 0 Å². The number of hydrogen-bond acceptors (Lipinski definition) is 2. The highest BCUT2D eigenvalue weighted by Crippen LogP contribution is 2.65. The van der Waals surface area contributed by atoms with Crippen molar-refractivity contribution in [2.75, 3.05) is 0 Å². The van der Waals surface area contributed by atoms with Crippen LogP contribution in [-0.2, 0) is 4.79 Å². The molecule has 0 aromatic rings. The van der Waals surface area contributed by atoms with E-state index in [9.17, 15) is 0 Å². The molecule has 5 heteroatoms. The summed E-state index contributed by atoms with van der Waals surface area (Å²) in [6.07, 6.45) is 5.99. The third-order valence-corrected chi connectivity index (χ3v) is 4.67. The van der Waals surface area contributed by atoms with Crippen molar-refractivity contribution < 1.29 is 9.90 Å². The van der Waals surface area contributed by atoms with Gasteiger partial charge in [-0.25, -0.2) is 0 Å². The van der Waals surface area contributed by atoms with Gasteiger partial charge in [-0.1, -0.05) is 20.8 Å². The lowest BCUT2D eigenvalue weighted by Gasteiger charge is -2.34. The van der Waals surface area contributed by atoms with Crippen LogP contribution < -0.4 is 11.5 Å². The van der Waals surface area contributed by atoms with E-state index in [4.69, 9.17) is 15.3 Å². The van der Waals surface area contributed by atoms with Crippen LogP contribution in [0.4, 0.5) is 0 Å². The van der Waals surface area contributed by atoms with Gasteiger partial charge in [0.25, 0.3) is 5.97 Å². The number of aliphatic carboxylic acids is 1. The van der Waals surface area contributed by atoms with E-state index in [-0.39, 0.29) is 5.96 Å². The topological polar surface area (TPSA) is 113 Å². The molecule has 0 atom stereocenters. The van der Waals surface area contributed by atoms with Crippen LogP contribution in [0.15, 0.2) is 0 Å². The number of nitrogens with one attached hydrogen (secondary N) is 1. The fraction of sp³-hybridized carbons (Fsp3) is 0.846. The average Bonchev–Trinajstić information content (AvgIpc) is 2.48. The van der Waals surface area contributed by atoms with E-state index in [0.717, 1.165) is 12.8 Å². The summed E-state index contributed by atoms with van der Waals surface area (Å²) in [5, 5.41) is 13.5. The second-order valence-corrected chi connectivity index (χ2v) is 6.03. The van der Waals surface area contributed by atoms with Gasteiger partial charge in [0.2, 0.25) is 0 Å². The summed E-state index contributed by atoms with van der Waals surface area (Å²) in [6.45, 7) is 8.51. The van der Waals surface area contributed by atoms with E-state index < -0.39 is 5.97 Å². The van der Waals surface area contributed by atoms with Crippen LogP contribution in [0.1, 0.15) is 53.4 Å². The zero-order valence-corrected chi connectivity index (χ0v) is 11.9. The summed E-state index contributed by atoms with van der Waals surface area (Å²) in [7, 11) is 0. The lowest BCUT2D eigenvalue weighted by Crippen LogP contribution is -2.26. The number of guanidine groups is 1. The minimum Gasteiger partial charge on any atom is -0.481 e. The van der Waals surface area contributed by atoms with Crippen molar-refractivity contribution in [3.63, 3.8) is 0 Å². The third-order valence-electron chi connectivity index (χ3n) is 4.67.